The van der Waals surface area contributed by atoms with Crippen LogP contribution in [0.5, 0.6) is 0 Å². The van der Waals surface area contributed by atoms with E-state index in [0.717, 1.165) is 0 Å². The summed E-state index contributed by atoms with van der Waals surface area (Å²) >= 11 is 0. The Hall–Kier alpha value is -0.690. The molecule has 0 aromatic rings. The Labute approximate surface area is 106 Å². The summed E-state index contributed by atoms with van der Waals surface area (Å²) in [4.78, 5) is 32.6. The van der Waals surface area contributed by atoms with Crippen LogP contribution in [0.1, 0.15) is 46.5 Å². The summed E-state index contributed by atoms with van der Waals surface area (Å²) in [6, 6.07) is 0. The second-order valence-corrected chi connectivity index (χ2v) is 4.56. The zero-order chi connectivity index (χ0) is 13.2. The molecule has 2 aliphatic rings. The molecule has 2 aliphatic heterocycles. The zero-order valence-corrected chi connectivity index (χ0v) is 11.1. The number of esters is 1. The first kappa shape index (κ1) is 13.7. The van der Waals surface area contributed by atoms with E-state index in [0.29, 0.717) is 32.3 Å². The minimum atomic E-state index is -0.886. The molecule has 2 saturated heterocycles. The van der Waals surface area contributed by atoms with Gasteiger partial charge in [0.1, 0.15) is 0 Å². The first-order valence-electron chi connectivity index (χ1n) is 6.51. The van der Waals surface area contributed by atoms with E-state index in [2.05, 4.69) is 0 Å². The molecule has 2 rings (SSSR count). The first-order chi connectivity index (χ1) is 8.62. The highest BCUT2D eigenvalue weighted by atomic mass is 17.4. The first-order valence-corrected chi connectivity index (χ1v) is 6.51. The normalized spacial score (nSPS) is 38.1. The monoisotopic (exact) mass is 260 g/mol. The van der Waals surface area contributed by atoms with Crippen LogP contribution in [0.2, 0.25) is 0 Å². The maximum absolute atomic E-state index is 11.4. The van der Waals surface area contributed by atoms with Crippen LogP contribution in [0.25, 0.3) is 0 Å². The number of rotatable bonds is 6. The van der Waals surface area contributed by atoms with Gasteiger partial charge in [0.05, 0.1) is 12.5 Å². The van der Waals surface area contributed by atoms with Gasteiger partial charge in [-0.1, -0.05) is 13.8 Å². The van der Waals surface area contributed by atoms with Gasteiger partial charge in [0, 0.05) is 19.3 Å². The molecule has 6 nitrogen and oxygen atoms in total. The van der Waals surface area contributed by atoms with Crippen LogP contribution in [-0.4, -0.2) is 24.2 Å². The van der Waals surface area contributed by atoms with E-state index in [9.17, 15) is 4.79 Å². The Balaban J connectivity index is 2.03. The highest BCUT2D eigenvalue weighted by Gasteiger charge is 2.68. The van der Waals surface area contributed by atoms with Crippen molar-refractivity contribution < 1.29 is 29.1 Å². The fourth-order valence-electron chi connectivity index (χ4n) is 2.54. The van der Waals surface area contributed by atoms with Crippen molar-refractivity contribution in [2.75, 3.05) is 6.61 Å². The highest BCUT2D eigenvalue weighted by Crippen LogP contribution is 2.55. The van der Waals surface area contributed by atoms with Gasteiger partial charge >= 0.3 is 5.97 Å². The number of carbonyl (C=O) groups is 1. The van der Waals surface area contributed by atoms with Gasteiger partial charge in [0.15, 0.2) is 0 Å². The predicted molar refractivity (Wildman–Crippen MR) is 59.7 cm³/mol. The van der Waals surface area contributed by atoms with Crippen molar-refractivity contribution in [1.29, 1.82) is 0 Å². The van der Waals surface area contributed by atoms with Crippen molar-refractivity contribution in [2.24, 2.45) is 5.92 Å². The summed E-state index contributed by atoms with van der Waals surface area (Å²) in [5.74, 6) is -2.11. The van der Waals surface area contributed by atoms with Crippen molar-refractivity contribution in [3.63, 3.8) is 0 Å². The second-order valence-electron chi connectivity index (χ2n) is 4.56. The van der Waals surface area contributed by atoms with Crippen LogP contribution >= 0.6 is 0 Å². The number of hydrogen-bond donors (Lipinski definition) is 0. The van der Waals surface area contributed by atoms with E-state index in [1.807, 2.05) is 13.8 Å². The van der Waals surface area contributed by atoms with Crippen LogP contribution < -0.4 is 0 Å². The van der Waals surface area contributed by atoms with Gasteiger partial charge in [-0.25, -0.2) is 0 Å². The zero-order valence-electron chi connectivity index (χ0n) is 11.1. The summed E-state index contributed by atoms with van der Waals surface area (Å²) in [6.07, 6.45) is 2.06. The third-order valence-corrected chi connectivity index (χ3v) is 3.64. The van der Waals surface area contributed by atoms with E-state index >= 15 is 0 Å². The molecule has 0 amide bonds. The minimum Gasteiger partial charge on any atom is -0.466 e. The fraction of sp³-hybridized carbons (Fsp3) is 0.917. The Morgan fingerprint density at radius 1 is 1.06 bits per heavy atom. The van der Waals surface area contributed by atoms with Crippen molar-refractivity contribution in [1.82, 2.24) is 0 Å². The summed E-state index contributed by atoms with van der Waals surface area (Å²) in [5.41, 5.74) is 0. The molecule has 0 atom stereocenters. The average molecular weight is 260 g/mol. The SMILES string of the molecule is CCOC(=O)CCC1C2(CC)OOC1(CC)OO2. The van der Waals surface area contributed by atoms with Crippen molar-refractivity contribution in [3.8, 4) is 0 Å². The molecule has 18 heavy (non-hydrogen) atoms. The predicted octanol–water partition coefficient (Wildman–Crippen LogP) is 2.08. The average Bonchev–Trinajstić information content (AvgIpc) is 2.87. The van der Waals surface area contributed by atoms with Gasteiger partial charge in [0.25, 0.3) is 0 Å². The molecule has 6 heteroatoms. The molecule has 0 unspecified atom stereocenters. The maximum Gasteiger partial charge on any atom is 0.305 e. The van der Waals surface area contributed by atoms with Gasteiger partial charge in [-0.2, -0.15) is 19.6 Å². The molecular formula is C12H20O6. The third kappa shape index (κ3) is 2.03. The molecular weight excluding hydrogens is 240 g/mol. The van der Waals surface area contributed by atoms with Gasteiger partial charge in [-0.15, -0.1) is 0 Å². The molecule has 0 spiro atoms. The molecule has 2 bridgehead atoms. The van der Waals surface area contributed by atoms with Crippen LogP contribution in [0.15, 0.2) is 0 Å². The minimum absolute atomic E-state index is 0.121. The number of ether oxygens (including phenoxy) is 1. The van der Waals surface area contributed by atoms with Crippen LogP contribution in [0.3, 0.4) is 0 Å². The highest BCUT2D eigenvalue weighted by molar-refractivity contribution is 5.69. The fourth-order valence-corrected chi connectivity index (χ4v) is 2.54. The van der Waals surface area contributed by atoms with Crippen LogP contribution in [-0.2, 0) is 29.1 Å². The molecule has 0 radical (unpaired) electrons. The lowest BCUT2D eigenvalue weighted by atomic mass is 9.84. The molecule has 104 valence electrons. The lowest BCUT2D eigenvalue weighted by Gasteiger charge is -2.24. The van der Waals surface area contributed by atoms with E-state index in [4.69, 9.17) is 24.3 Å². The number of hydrogen-bond acceptors (Lipinski definition) is 6. The summed E-state index contributed by atoms with van der Waals surface area (Å²) < 4.78 is 4.92. The quantitative estimate of drug-likeness (QED) is 0.538. The molecule has 0 N–H and O–H groups in total. The maximum atomic E-state index is 11.4. The van der Waals surface area contributed by atoms with Crippen molar-refractivity contribution in [3.05, 3.63) is 0 Å². The Morgan fingerprint density at radius 2 is 1.56 bits per heavy atom. The second kappa shape index (κ2) is 5.13. The van der Waals surface area contributed by atoms with Gasteiger partial charge < -0.3 is 4.74 Å². The van der Waals surface area contributed by atoms with Gasteiger partial charge in [-0.05, 0) is 13.3 Å². The van der Waals surface area contributed by atoms with Crippen LogP contribution in [0.4, 0.5) is 0 Å². The topological polar surface area (TPSA) is 63.2 Å². The standard InChI is InChI=1S/C12H20O6/c1-4-11-9(7-8-10(13)14-6-3)12(5-2,17-15-11)18-16-11/h9H,4-8H2,1-3H3. The Morgan fingerprint density at radius 3 is 1.94 bits per heavy atom. The van der Waals surface area contributed by atoms with Gasteiger partial charge in [0.2, 0.25) is 11.6 Å². The Kier molecular flexibility index (Phi) is 3.91. The lowest BCUT2D eigenvalue weighted by molar-refractivity contribution is -0.590. The number of fused-ring (bicyclic) bond motifs is 2. The van der Waals surface area contributed by atoms with E-state index in [-0.39, 0.29) is 11.9 Å². The van der Waals surface area contributed by atoms with Crippen molar-refractivity contribution >= 4 is 5.97 Å². The smallest absolute Gasteiger partial charge is 0.305 e. The molecule has 0 saturated carbocycles. The van der Waals surface area contributed by atoms with E-state index < -0.39 is 11.6 Å². The summed E-state index contributed by atoms with van der Waals surface area (Å²) in [5, 5.41) is 0. The number of carbonyl (C=O) groups excluding carboxylic acids is 1. The van der Waals surface area contributed by atoms with E-state index in [1.54, 1.807) is 6.92 Å². The summed E-state index contributed by atoms with van der Waals surface area (Å²) in [7, 11) is 0. The molecule has 0 aromatic carbocycles. The molecule has 2 heterocycles. The molecule has 2 fully saturated rings. The molecule has 0 aliphatic carbocycles. The largest absolute Gasteiger partial charge is 0.466 e. The summed E-state index contributed by atoms with van der Waals surface area (Å²) in [6.45, 7) is 6.04. The lowest BCUT2D eigenvalue weighted by Crippen LogP contribution is -2.37. The third-order valence-electron chi connectivity index (χ3n) is 3.64. The molecule has 0 aromatic heterocycles. The van der Waals surface area contributed by atoms with Gasteiger partial charge in [-0.3, -0.25) is 4.79 Å². The van der Waals surface area contributed by atoms with Crippen LogP contribution in [0, 0.1) is 5.92 Å². The van der Waals surface area contributed by atoms with E-state index in [1.165, 1.54) is 0 Å². The Bertz CT molecular complexity index is 288. The van der Waals surface area contributed by atoms with Crippen molar-refractivity contribution in [2.45, 2.75) is 58.0 Å².